The Morgan fingerprint density at radius 3 is 2.67 bits per heavy atom. The van der Waals surface area contributed by atoms with E-state index in [1.54, 1.807) is 19.2 Å². The molecule has 18 heavy (non-hydrogen) atoms. The van der Waals surface area contributed by atoms with Crippen LogP contribution in [0, 0.1) is 5.92 Å². The van der Waals surface area contributed by atoms with Crippen LogP contribution in [0.25, 0.3) is 0 Å². The molecule has 0 bridgehead atoms. The summed E-state index contributed by atoms with van der Waals surface area (Å²) in [5.41, 5.74) is 0. The highest BCUT2D eigenvalue weighted by Crippen LogP contribution is 2.28. The van der Waals surface area contributed by atoms with Crippen LogP contribution in [0.2, 0.25) is 4.34 Å². The lowest BCUT2D eigenvalue weighted by atomic mass is 10.0. The number of thiophene rings is 1. The molecule has 0 radical (unpaired) electrons. The number of ether oxygens (including phenoxy) is 1. The Morgan fingerprint density at radius 1 is 1.44 bits per heavy atom. The van der Waals surface area contributed by atoms with Gasteiger partial charge in [0.05, 0.1) is 4.34 Å². The van der Waals surface area contributed by atoms with Crippen molar-refractivity contribution in [2.75, 3.05) is 26.8 Å². The quantitative estimate of drug-likeness (QED) is 0.858. The van der Waals surface area contributed by atoms with Crippen LogP contribution in [0.15, 0.2) is 16.3 Å². The third kappa shape index (κ3) is 3.24. The molecule has 0 aromatic carbocycles. The van der Waals surface area contributed by atoms with Gasteiger partial charge in [-0.3, -0.25) is 0 Å². The van der Waals surface area contributed by atoms with Crippen LogP contribution in [0.3, 0.4) is 0 Å². The van der Waals surface area contributed by atoms with Crippen LogP contribution in [-0.4, -0.2) is 39.5 Å². The third-order valence-electron chi connectivity index (χ3n) is 3.07. The molecule has 0 amide bonds. The zero-order chi connectivity index (χ0) is 13.2. The molecule has 0 atom stereocenters. The molecule has 0 spiro atoms. The maximum Gasteiger partial charge on any atom is 0.252 e. The van der Waals surface area contributed by atoms with Gasteiger partial charge in [-0.25, -0.2) is 8.42 Å². The summed E-state index contributed by atoms with van der Waals surface area (Å²) < 4.78 is 32.0. The summed E-state index contributed by atoms with van der Waals surface area (Å²) in [6, 6.07) is 3.17. The summed E-state index contributed by atoms with van der Waals surface area (Å²) in [4.78, 5) is 0. The molecule has 7 heteroatoms. The maximum absolute atomic E-state index is 12.3. The lowest BCUT2D eigenvalue weighted by Gasteiger charge is -2.26. The van der Waals surface area contributed by atoms with Gasteiger partial charge in [0, 0.05) is 26.8 Å². The Bertz CT molecular complexity index is 494. The van der Waals surface area contributed by atoms with E-state index in [4.69, 9.17) is 16.3 Å². The second-order valence-electron chi connectivity index (χ2n) is 4.40. The summed E-state index contributed by atoms with van der Waals surface area (Å²) in [7, 11) is -1.77. The van der Waals surface area contributed by atoms with Crippen molar-refractivity contribution < 1.29 is 13.2 Å². The summed E-state index contributed by atoms with van der Waals surface area (Å²) in [5.74, 6) is 0.383. The fourth-order valence-electron chi connectivity index (χ4n) is 1.98. The van der Waals surface area contributed by atoms with E-state index in [1.807, 2.05) is 0 Å². The van der Waals surface area contributed by atoms with Crippen molar-refractivity contribution in [2.24, 2.45) is 5.92 Å². The van der Waals surface area contributed by atoms with E-state index in [1.165, 1.54) is 4.31 Å². The fraction of sp³-hybridized carbons (Fsp3) is 0.636. The fourth-order valence-corrected chi connectivity index (χ4v) is 4.92. The van der Waals surface area contributed by atoms with Crippen LogP contribution in [0.4, 0.5) is 0 Å². The zero-order valence-corrected chi connectivity index (χ0v) is 12.5. The third-order valence-corrected chi connectivity index (χ3v) is 6.59. The van der Waals surface area contributed by atoms with Crippen LogP contribution < -0.4 is 0 Å². The molecule has 1 aromatic rings. The van der Waals surface area contributed by atoms with E-state index in [2.05, 4.69) is 0 Å². The Kier molecular flexibility index (Phi) is 4.66. The standard InChI is InChI=1S/C11H16ClNO3S2/c1-13(8-9-4-6-16-7-5-9)18(14,15)11-3-2-10(12)17-11/h2-3,9H,4-8H2,1H3. The van der Waals surface area contributed by atoms with Gasteiger partial charge in [-0.1, -0.05) is 11.6 Å². The highest BCUT2D eigenvalue weighted by Gasteiger charge is 2.26. The minimum absolute atomic E-state index is 0.307. The predicted molar refractivity (Wildman–Crippen MR) is 72.7 cm³/mol. The monoisotopic (exact) mass is 309 g/mol. The Labute approximate surface area is 117 Å². The van der Waals surface area contributed by atoms with Gasteiger partial charge in [0.25, 0.3) is 10.0 Å². The SMILES string of the molecule is CN(CC1CCOCC1)S(=O)(=O)c1ccc(Cl)s1. The lowest BCUT2D eigenvalue weighted by molar-refractivity contribution is 0.0620. The molecular weight excluding hydrogens is 294 g/mol. The number of hydrogen-bond donors (Lipinski definition) is 0. The first-order valence-electron chi connectivity index (χ1n) is 5.79. The molecule has 1 aliphatic heterocycles. The number of hydrogen-bond acceptors (Lipinski definition) is 4. The van der Waals surface area contributed by atoms with Crippen LogP contribution in [0.5, 0.6) is 0 Å². The van der Waals surface area contributed by atoms with Crippen molar-refractivity contribution in [3.05, 3.63) is 16.5 Å². The molecule has 0 aliphatic carbocycles. The summed E-state index contributed by atoms with van der Waals surface area (Å²) in [6.45, 7) is 1.99. The topological polar surface area (TPSA) is 46.6 Å². The number of nitrogens with zero attached hydrogens (tertiary/aromatic N) is 1. The number of sulfonamides is 1. The van der Waals surface area contributed by atoms with Gasteiger partial charge >= 0.3 is 0 Å². The molecule has 1 fully saturated rings. The van der Waals surface area contributed by atoms with Gasteiger partial charge in [0.15, 0.2) is 0 Å². The number of rotatable bonds is 4. The molecule has 0 N–H and O–H groups in total. The summed E-state index contributed by atoms with van der Waals surface area (Å²) in [6.07, 6.45) is 1.84. The van der Waals surface area contributed by atoms with Gasteiger partial charge in [0.2, 0.25) is 0 Å². The van der Waals surface area contributed by atoms with Crippen molar-refractivity contribution in [1.29, 1.82) is 0 Å². The van der Waals surface area contributed by atoms with Gasteiger partial charge < -0.3 is 4.74 Å². The molecule has 2 rings (SSSR count). The molecule has 2 heterocycles. The first kappa shape index (κ1) is 14.3. The second kappa shape index (κ2) is 5.88. The first-order chi connectivity index (χ1) is 8.50. The zero-order valence-electron chi connectivity index (χ0n) is 10.1. The van der Waals surface area contributed by atoms with Crippen molar-refractivity contribution in [2.45, 2.75) is 17.1 Å². The van der Waals surface area contributed by atoms with Gasteiger partial charge in [0.1, 0.15) is 4.21 Å². The second-order valence-corrected chi connectivity index (χ2v) is 8.39. The lowest BCUT2D eigenvalue weighted by Crippen LogP contribution is -2.33. The molecule has 0 unspecified atom stereocenters. The van der Waals surface area contributed by atoms with E-state index in [0.29, 0.717) is 21.0 Å². The van der Waals surface area contributed by atoms with E-state index in [0.717, 1.165) is 37.4 Å². The highest BCUT2D eigenvalue weighted by atomic mass is 35.5. The molecule has 4 nitrogen and oxygen atoms in total. The molecule has 102 valence electrons. The smallest absolute Gasteiger partial charge is 0.252 e. The number of halogens is 1. The average molecular weight is 310 g/mol. The minimum Gasteiger partial charge on any atom is -0.381 e. The molecule has 1 saturated heterocycles. The van der Waals surface area contributed by atoms with E-state index < -0.39 is 10.0 Å². The molecule has 1 aliphatic rings. The van der Waals surface area contributed by atoms with Crippen molar-refractivity contribution in [3.63, 3.8) is 0 Å². The van der Waals surface area contributed by atoms with E-state index in [9.17, 15) is 8.42 Å². The normalized spacial score (nSPS) is 18.4. The summed E-state index contributed by atoms with van der Waals surface area (Å²) in [5, 5.41) is 0. The Balaban J connectivity index is 2.05. The first-order valence-corrected chi connectivity index (χ1v) is 8.43. The van der Waals surface area contributed by atoms with Gasteiger partial charge in [-0.2, -0.15) is 4.31 Å². The Hall–Kier alpha value is -0.140. The molecule has 0 saturated carbocycles. The largest absolute Gasteiger partial charge is 0.381 e. The van der Waals surface area contributed by atoms with Crippen LogP contribution in [-0.2, 0) is 14.8 Å². The van der Waals surface area contributed by atoms with Crippen LogP contribution in [0.1, 0.15) is 12.8 Å². The van der Waals surface area contributed by atoms with Gasteiger partial charge in [-0.05, 0) is 30.9 Å². The van der Waals surface area contributed by atoms with Crippen molar-refractivity contribution >= 4 is 33.0 Å². The van der Waals surface area contributed by atoms with Crippen molar-refractivity contribution in [1.82, 2.24) is 4.31 Å². The predicted octanol–water partition coefficient (Wildman–Crippen LogP) is 2.45. The average Bonchev–Trinajstić information content (AvgIpc) is 2.78. The van der Waals surface area contributed by atoms with Crippen molar-refractivity contribution in [3.8, 4) is 0 Å². The molecular formula is C11H16ClNO3S2. The molecule has 1 aromatic heterocycles. The summed E-state index contributed by atoms with van der Waals surface area (Å²) >= 11 is 6.88. The van der Waals surface area contributed by atoms with Crippen LogP contribution >= 0.6 is 22.9 Å². The van der Waals surface area contributed by atoms with E-state index >= 15 is 0 Å². The minimum atomic E-state index is -3.39. The highest BCUT2D eigenvalue weighted by molar-refractivity contribution is 7.91. The maximum atomic E-state index is 12.3. The van der Waals surface area contributed by atoms with Gasteiger partial charge in [-0.15, -0.1) is 11.3 Å². The van der Waals surface area contributed by atoms with E-state index in [-0.39, 0.29) is 0 Å². The Morgan fingerprint density at radius 2 is 2.11 bits per heavy atom.